The predicted molar refractivity (Wildman–Crippen MR) is 65.1 cm³/mol. The summed E-state index contributed by atoms with van der Waals surface area (Å²) in [6.45, 7) is 3.13. The molecular weight excluding hydrogens is 234 g/mol. The molecule has 2 fully saturated rings. The maximum Gasteiger partial charge on any atom is 0.307 e. The van der Waals surface area contributed by atoms with Crippen molar-refractivity contribution in [1.82, 2.24) is 5.32 Å². The van der Waals surface area contributed by atoms with Gasteiger partial charge in [-0.25, -0.2) is 0 Å². The summed E-state index contributed by atoms with van der Waals surface area (Å²) in [7, 11) is 0. The fraction of sp³-hybridized carbons (Fsp3) is 0.846. The number of ether oxygens (including phenoxy) is 1. The smallest absolute Gasteiger partial charge is 0.307 e. The zero-order valence-corrected chi connectivity index (χ0v) is 10.8. The summed E-state index contributed by atoms with van der Waals surface area (Å²) in [5.74, 6) is -1.86. The van der Waals surface area contributed by atoms with Crippen LogP contribution in [0.4, 0.5) is 0 Å². The van der Waals surface area contributed by atoms with E-state index in [-0.39, 0.29) is 17.4 Å². The van der Waals surface area contributed by atoms with Gasteiger partial charge in [0, 0.05) is 6.61 Å². The molecular formula is C13H21NO4. The van der Waals surface area contributed by atoms with E-state index in [4.69, 9.17) is 4.74 Å². The van der Waals surface area contributed by atoms with Gasteiger partial charge in [0.25, 0.3) is 0 Å². The molecule has 2 rings (SSSR count). The van der Waals surface area contributed by atoms with Gasteiger partial charge >= 0.3 is 5.97 Å². The van der Waals surface area contributed by atoms with Crippen molar-refractivity contribution < 1.29 is 19.4 Å². The molecule has 5 nitrogen and oxygen atoms in total. The third kappa shape index (κ3) is 2.83. The van der Waals surface area contributed by atoms with Crippen molar-refractivity contribution in [3.8, 4) is 0 Å². The maximum absolute atomic E-state index is 12.2. The predicted octanol–water partition coefficient (Wildman–Crippen LogP) is 1.17. The van der Waals surface area contributed by atoms with Gasteiger partial charge in [-0.05, 0) is 26.2 Å². The number of amides is 1. The molecule has 1 saturated heterocycles. The van der Waals surface area contributed by atoms with Crippen LogP contribution in [0.1, 0.15) is 39.0 Å². The SMILES string of the molecule is CC1(NC(=O)[C@@H]2CCCC[C@@H]2C(=O)O)CCOC1. The largest absolute Gasteiger partial charge is 0.481 e. The van der Waals surface area contributed by atoms with Crippen molar-refractivity contribution >= 4 is 11.9 Å². The zero-order chi connectivity index (χ0) is 13.2. The molecule has 0 spiro atoms. The molecule has 1 amide bonds. The Morgan fingerprint density at radius 1 is 1.28 bits per heavy atom. The van der Waals surface area contributed by atoms with Gasteiger partial charge in [-0.2, -0.15) is 0 Å². The Morgan fingerprint density at radius 3 is 2.50 bits per heavy atom. The molecule has 102 valence electrons. The second-order valence-electron chi connectivity index (χ2n) is 5.69. The second-order valence-corrected chi connectivity index (χ2v) is 5.69. The number of hydrogen-bond donors (Lipinski definition) is 2. The molecule has 18 heavy (non-hydrogen) atoms. The lowest BCUT2D eigenvalue weighted by Gasteiger charge is -2.31. The van der Waals surface area contributed by atoms with Crippen LogP contribution < -0.4 is 5.32 Å². The molecule has 1 aliphatic carbocycles. The van der Waals surface area contributed by atoms with E-state index in [1.54, 1.807) is 0 Å². The average Bonchev–Trinajstić information content (AvgIpc) is 2.75. The first-order valence-electron chi connectivity index (χ1n) is 6.64. The van der Waals surface area contributed by atoms with Gasteiger partial charge in [-0.1, -0.05) is 12.8 Å². The average molecular weight is 255 g/mol. The minimum Gasteiger partial charge on any atom is -0.481 e. The number of aliphatic carboxylic acids is 1. The summed E-state index contributed by atoms with van der Waals surface area (Å²) in [5, 5.41) is 12.2. The van der Waals surface area contributed by atoms with Crippen LogP contribution in [0.15, 0.2) is 0 Å². The molecule has 0 aromatic rings. The van der Waals surface area contributed by atoms with Gasteiger partial charge < -0.3 is 15.2 Å². The lowest BCUT2D eigenvalue weighted by molar-refractivity contribution is -0.149. The van der Waals surface area contributed by atoms with Gasteiger partial charge in [0.15, 0.2) is 0 Å². The van der Waals surface area contributed by atoms with Crippen LogP contribution in [0.3, 0.4) is 0 Å². The second kappa shape index (κ2) is 5.26. The van der Waals surface area contributed by atoms with Crippen molar-refractivity contribution in [1.29, 1.82) is 0 Å². The molecule has 1 heterocycles. The highest BCUT2D eigenvalue weighted by Gasteiger charge is 2.39. The lowest BCUT2D eigenvalue weighted by atomic mass is 9.78. The van der Waals surface area contributed by atoms with E-state index in [1.165, 1.54) is 0 Å². The highest BCUT2D eigenvalue weighted by atomic mass is 16.5. The minimum atomic E-state index is -0.845. The molecule has 0 aromatic carbocycles. The monoisotopic (exact) mass is 255 g/mol. The van der Waals surface area contributed by atoms with E-state index in [0.29, 0.717) is 26.1 Å². The molecule has 5 heteroatoms. The van der Waals surface area contributed by atoms with Crippen molar-refractivity contribution in [3.05, 3.63) is 0 Å². The zero-order valence-electron chi connectivity index (χ0n) is 10.8. The lowest BCUT2D eigenvalue weighted by Crippen LogP contribution is -2.51. The Morgan fingerprint density at radius 2 is 1.94 bits per heavy atom. The first-order valence-corrected chi connectivity index (χ1v) is 6.64. The van der Waals surface area contributed by atoms with Crippen molar-refractivity contribution in [2.45, 2.75) is 44.6 Å². The summed E-state index contributed by atoms with van der Waals surface area (Å²) >= 11 is 0. The molecule has 1 unspecified atom stereocenters. The third-order valence-electron chi connectivity index (χ3n) is 4.06. The van der Waals surface area contributed by atoms with Crippen molar-refractivity contribution in [2.75, 3.05) is 13.2 Å². The fourth-order valence-electron chi connectivity index (χ4n) is 2.90. The molecule has 1 aliphatic heterocycles. The number of rotatable bonds is 3. The van der Waals surface area contributed by atoms with Gasteiger partial charge in [-0.3, -0.25) is 9.59 Å². The van der Waals surface area contributed by atoms with Gasteiger partial charge in [0.1, 0.15) is 0 Å². The van der Waals surface area contributed by atoms with E-state index < -0.39 is 11.9 Å². The van der Waals surface area contributed by atoms with Crippen LogP contribution in [0.25, 0.3) is 0 Å². The Balaban J connectivity index is 2.00. The summed E-state index contributed by atoms with van der Waals surface area (Å²) in [4.78, 5) is 23.4. The summed E-state index contributed by atoms with van der Waals surface area (Å²) in [6.07, 6.45) is 3.93. The number of hydrogen-bond acceptors (Lipinski definition) is 3. The molecule has 2 N–H and O–H groups in total. The molecule has 0 radical (unpaired) electrons. The number of nitrogens with one attached hydrogen (secondary N) is 1. The van der Waals surface area contributed by atoms with E-state index in [0.717, 1.165) is 19.3 Å². The Bertz CT molecular complexity index is 336. The quantitative estimate of drug-likeness (QED) is 0.794. The molecule has 0 aromatic heterocycles. The highest BCUT2D eigenvalue weighted by molar-refractivity contribution is 5.85. The summed E-state index contributed by atoms with van der Waals surface area (Å²) < 4.78 is 5.29. The Hall–Kier alpha value is -1.10. The Labute approximate surface area is 107 Å². The fourth-order valence-corrected chi connectivity index (χ4v) is 2.90. The highest BCUT2D eigenvalue weighted by Crippen LogP contribution is 2.31. The Kier molecular flexibility index (Phi) is 3.90. The van der Waals surface area contributed by atoms with Crippen LogP contribution in [0, 0.1) is 11.8 Å². The van der Waals surface area contributed by atoms with Gasteiger partial charge in [0.05, 0.1) is 24.0 Å². The molecule has 0 bridgehead atoms. The molecule has 2 aliphatic rings. The van der Waals surface area contributed by atoms with Crippen LogP contribution in [-0.4, -0.2) is 35.7 Å². The van der Waals surface area contributed by atoms with E-state index in [1.807, 2.05) is 6.92 Å². The summed E-state index contributed by atoms with van der Waals surface area (Å²) in [5.41, 5.74) is -0.322. The minimum absolute atomic E-state index is 0.116. The first-order chi connectivity index (χ1) is 8.52. The number of carbonyl (C=O) groups excluding carboxylic acids is 1. The van der Waals surface area contributed by atoms with Crippen LogP contribution in [-0.2, 0) is 14.3 Å². The van der Waals surface area contributed by atoms with E-state index >= 15 is 0 Å². The standard InChI is InChI=1S/C13H21NO4/c1-13(6-7-18-8-13)14-11(15)9-4-2-3-5-10(9)12(16)17/h9-10H,2-8H2,1H3,(H,14,15)(H,16,17)/t9-,10+,13?/m1/s1. The van der Waals surface area contributed by atoms with Crippen LogP contribution >= 0.6 is 0 Å². The first kappa shape index (κ1) is 13.3. The number of carbonyl (C=O) groups is 2. The number of carboxylic acid groups (broad SMARTS) is 1. The maximum atomic E-state index is 12.2. The normalized spacial score (nSPS) is 36.3. The molecule has 3 atom stereocenters. The van der Waals surface area contributed by atoms with Crippen molar-refractivity contribution in [2.24, 2.45) is 11.8 Å². The van der Waals surface area contributed by atoms with E-state index in [2.05, 4.69) is 5.32 Å². The third-order valence-corrected chi connectivity index (χ3v) is 4.06. The van der Waals surface area contributed by atoms with E-state index in [9.17, 15) is 14.7 Å². The van der Waals surface area contributed by atoms with Crippen LogP contribution in [0.2, 0.25) is 0 Å². The van der Waals surface area contributed by atoms with Crippen molar-refractivity contribution in [3.63, 3.8) is 0 Å². The van der Waals surface area contributed by atoms with Crippen LogP contribution in [0.5, 0.6) is 0 Å². The van der Waals surface area contributed by atoms with Gasteiger partial charge in [-0.15, -0.1) is 0 Å². The van der Waals surface area contributed by atoms with Gasteiger partial charge in [0.2, 0.25) is 5.91 Å². The number of carboxylic acids is 1. The topological polar surface area (TPSA) is 75.6 Å². The molecule has 1 saturated carbocycles. The summed E-state index contributed by atoms with van der Waals surface area (Å²) in [6, 6.07) is 0.